The maximum Gasteiger partial charge on any atom is 0.416 e. The van der Waals surface area contributed by atoms with E-state index in [1.54, 1.807) is 7.05 Å². The molecule has 0 spiro atoms. The Balaban J connectivity index is 2.43. The van der Waals surface area contributed by atoms with E-state index in [1.807, 2.05) is 0 Å². The van der Waals surface area contributed by atoms with Crippen LogP contribution in [0, 0.1) is 0 Å². The van der Waals surface area contributed by atoms with E-state index in [1.165, 1.54) is 23.0 Å². The van der Waals surface area contributed by atoms with Crippen molar-refractivity contribution in [3.63, 3.8) is 0 Å². The third kappa shape index (κ3) is 2.13. The van der Waals surface area contributed by atoms with Crippen molar-refractivity contribution in [2.24, 2.45) is 7.05 Å². The molecule has 1 aromatic carbocycles. The maximum absolute atomic E-state index is 12.4. The molecule has 0 N–H and O–H groups in total. The van der Waals surface area contributed by atoms with E-state index in [2.05, 4.69) is 5.10 Å². The van der Waals surface area contributed by atoms with Gasteiger partial charge in [-0.15, -0.1) is 0 Å². The molecular weight excluding hydrogens is 245 g/mol. The van der Waals surface area contributed by atoms with Gasteiger partial charge >= 0.3 is 6.18 Å². The van der Waals surface area contributed by atoms with Gasteiger partial charge in [-0.05, 0) is 17.7 Å². The van der Waals surface area contributed by atoms with Crippen LogP contribution in [-0.2, 0) is 13.2 Å². The van der Waals surface area contributed by atoms with Crippen LogP contribution in [0.25, 0.3) is 11.1 Å². The molecule has 0 amide bonds. The molecule has 18 heavy (non-hydrogen) atoms. The fourth-order valence-corrected chi connectivity index (χ4v) is 1.65. The fraction of sp³-hybridized carbons (Fsp3) is 0.167. The van der Waals surface area contributed by atoms with Crippen LogP contribution < -0.4 is 0 Å². The first-order valence-electron chi connectivity index (χ1n) is 5.08. The fourth-order valence-electron chi connectivity index (χ4n) is 1.65. The van der Waals surface area contributed by atoms with Gasteiger partial charge in [-0.25, -0.2) is 0 Å². The summed E-state index contributed by atoms with van der Waals surface area (Å²) in [7, 11) is 1.59. The summed E-state index contributed by atoms with van der Waals surface area (Å²) in [5.74, 6) is 0. The zero-order valence-corrected chi connectivity index (χ0v) is 9.40. The average Bonchev–Trinajstić information content (AvgIpc) is 2.69. The first kappa shape index (κ1) is 12.3. The van der Waals surface area contributed by atoms with Crippen LogP contribution in [0.2, 0.25) is 0 Å². The second-order valence-corrected chi connectivity index (χ2v) is 3.76. The van der Waals surface area contributed by atoms with Crippen LogP contribution in [0.4, 0.5) is 13.2 Å². The minimum absolute atomic E-state index is 0.328. The number of aryl methyl sites for hydroxylation is 1. The van der Waals surface area contributed by atoms with Gasteiger partial charge in [0.1, 0.15) is 5.69 Å². The van der Waals surface area contributed by atoms with Crippen LogP contribution in [0.1, 0.15) is 16.1 Å². The quantitative estimate of drug-likeness (QED) is 0.772. The third-order valence-electron chi connectivity index (χ3n) is 2.62. The summed E-state index contributed by atoms with van der Waals surface area (Å²) in [4.78, 5) is 10.9. The van der Waals surface area contributed by atoms with Crippen molar-refractivity contribution in [1.29, 1.82) is 0 Å². The van der Waals surface area contributed by atoms with Gasteiger partial charge in [0.2, 0.25) is 0 Å². The standard InChI is InChI=1S/C12H9F3N2O/c1-17-11(7-18)10(6-16-17)8-2-4-9(5-3-8)12(13,14)15/h2-7H,1H3. The Morgan fingerprint density at radius 2 is 1.83 bits per heavy atom. The number of hydrogen-bond donors (Lipinski definition) is 0. The monoisotopic (exact) mass is 254 g/mol. The van der Waals surface area contributed by atoms with Gasteiger partial charge in [0.05, 0.1) is 11.8 Å². The predicted molar refractivity (Wildman–Crippen MR) is 59.0 cm³/mol. The molecule has 6 heteroatoms. The van der Waals surface area contributed by atoms with Gasteiger partial charge in [0, 0.05) is 12.6 Å². The van der Waals surface area contributed by atoms with Gasteiger partial charge in [0.25, 0.3) is 0 Å². The predicted octanol–water partition coefficient (Wildman–Crippen LogP) is 2.92. The van der Waals surface area contributed by atoms with Crippen LogP contribution in [0.15, 0.2) is 30.5 Å². The Kier molecular flexibility index (Phi) is 2.94. The van der Waals surface area contributed by atoms with Gasteiger partial charge in [-0.3, -0.25) is 9.48 Å². The highest BCUT2D eigenvalue weighted by Crippen LogP contribution is 2.31. The lowest BCUT2D eigenvalue weighted by Crippen LogP contribution is -2.04. The normalized spacial score (nSPS) is 11.6. The molecule has 0 aliphatic carbocycles. The number of benzene rings is 1. The van der Waals surface area contributed by atoms with Crippen LogP contribution in [0.3, 0.4) is 0 Å². The Morgan fingerprint density at radius 3 is 2.33 bits per heavy atom. The maximum atomic E-state index is 12.4. The molecule has 1 aromatic heterocycles. The summed E-state index contributed by atoms with van der Waals surface area (Å²) < 4.78 is 38.6. The first-order chi connectivity index (χ1) is 8.43. The van der Waals surface area contributed by atoms with Crippen molar-refractivity contribution in [3.05, 3.63) is 41.7 Å². The summed E-state index contributed by atoms with van der Waals surface area (Å²) in [6.45, 7) is 0. The van der Waals surface area contributed by atoms with E-state index in [0.29, 0.717) is 23.1 Å². The molecule has 1 heterocycles. The van der Waals surface area contributed by atoms with Crippen molar-refractivity contribution < 1.29 is 18.0 Å². The number of alkyl halides is 3. The second-order valence-electron chi connectivity index (χ2n) is 3.76. The number of carbonyl (C=O) groups excluding carboxylic acids is 1. The Bertz CT molecular complexity index is 570. The van der Waals surface area contributed by atoms with Crippen molar-refractivity contribution in [2.45, 2.75) is 6.18 Å². The van der Waals surface area contributed by atoms with Gasteiger partial charge in [-0.2, -0.15) is 18.3 Å². The molecule has 0 bridgehead atoms. The average molecular weight is 254 g/mol. The Hall–Kier alpha value is -2.11. The van der Waals surface area contributed by atoms with E-state index >= 15 is 0 Å². The molecule has 0 saturated carbocycles. The molecule has 0 aliphatic rings. The topological polar surface area (TPSA) is 34.9 Å². The zero-order chi connectivity index (χ0) is 13.3. The summed E-state index contributed by atoms with van der Waals surface area (Å²) in [5.41, 5.74) is 0.650. The lowest BCUT2D eigenvalue weighted by Gasteiger charge is -2.07. The van der Waals surface area contributed by atoms with Gasteiger partial charge in [0.15, 0.2) is 6.29 Å². The Morgan fingerprint density at radius 1 is 1.22 bits per heavy atom. The molecule has 0 fully saturated rings. The zero-order valence-electron chi connectivity index (χ0n) is 9.40. The van der Waals surface area contributed by atoms with Crippen molar-refractivity contribution in [2.75, 3.05) is 0 Å². The summed E-state index contributed by atoms with van der Waals surface area (Å²) in [6.07, 6.45) is -2.28. The molecule has 94 valence electrons. The molecule has 2 rings (SSSR count). The largest absolute Gasteiger partial charge is 0.416 e. The van der Waals surface area contributed by atoms with Crippen LogP contribution in [0.5, 0.6) is 0 Å². The molecule has 2 aromatic rings. The highest BCUT2D eigenvalue weighted by atomic mass is 19.4. The minimum atomic E-state index is -4.36. The lowest BCUT2D eigenvalue weighted by atomic mass is 10.0. The Labute approximate surface area is 101 Å². The first-order valence-corrected chi connectivity index (χ1v) is 5.08. The van der Waals surface area contributed by atoms with Gasteiger partial charge < -0.3 is 0 Å². The molecule has 0 radical (unpaired) electrons. The van der Waals surface area contributed by atoms with Crippen molar-refractivity contribution >= 4 is 6.29 Å². The summed E-state index contributed by atoms with van der Waals surface area (Å²) >= 11 is 0. The molecular formula is C12H9F3N2O. The number of aromatic nitrogens is 2. The second kappa shape index (κ2) is 4.29. The molecule has 3 nitrogen and oxygen atoms in total. The lowest BCUT2D eigenvalue weighted by molar-refractivity contribution is -0.137. The molecule has 0 aliphatic heterocycles. The number of nitrogens with zero attached hydrogens (tertiary/aromatic N) is 2. The van der Waals surface area contributed by atoms with E-state index in [0.717, 1.165) is 12.1 Å². The van der Waals surface area contributed by atoms with E-state index in [4.69, 9.17) is 0 Å². The number of hydrogen-bond acceptors (Lipinski definition) is 2. The highest BCUT2D eigenvalue weighted by Gasteiger charge is 2.30. The van der Waals surface area contributed by atoms with Crippen LogP contribution in [-0.4, -0.2) is 16.1 Å². The van der Waals surface area contributed by atoms with Crippen molar-refractivity contribution in [1.82, 2.24) is 9.78 Å². The number of aldehydes is 1. The van der Waals surface area contributed by atoms with Gasteiger partial charge in [-0.1, -0.05) is 12.1 Å². The SMILES string of the molecule is Cn1ncc(-c2ccc(C(F)(F)F)cc2)c1C=O. The third-order valence-corrected chi connectivity index (χ3v) is 2.62. The smallest absolute Gasteiger partial charge is 0.296 e. The van der Waals surface area contributed by atoms with E-state index in [-0.39, 0.29) is 0 Å². The number of halogens is 3. The number of rotatable bonds is 2. The summed E-state index contributed by atoms with van der Waals surface area (Å²) in [6, 6.07) is 4.62. The molecule has 0 atom stereocenters. The summed E-state index contributed by atoms with van der Waals surface area (Å²) in [5, 5.41) is 3.90. The molecule has 0 saturated heterocycles. The number of carbonyl (C=O) groups is 1. The van der Waals surface area contributed by atoms with E-state index < -0.39 is 11.7 Å². The van der Waals surface area contributed by atoms with E-state index in [9.17, 15) is 18.0 Å². The van der Waals surface area contributed by atoms with Crippen LogP contribution >= 0.6 is 0 Å². The highest BCUT2D eigenvalue weighted by molar-refractivity contribution is 5.85. The molecule has 0 unspecified atom stereocenters. The van der Waals surface area contributed by atoms with Crippen molar-refractivity contribution in [3.8, 4) is 11.1 Å². The minimum Gasteiger partial charge on any atom is -0.296 e.